The van der Waals surface area contributed by atoms with E-state index >= 15 is 0 Å². The Balaban J connectivity index is 0. The Labute approximate surface area is 146 Å². The minimum absolute atomic E-state index is 0. The van der Waals surface area contributed by atoms with Crippen molar-refractivity contribution in [2.75, 3.05) is 0 Å². The van der Waals surface area contributed by atoms with Crippen LogP contribution in [0.5, 0.6) is 5.75 Å². The molecule has 1 aromatic carbocycles. The maximum atomic E-state index is 10.6. The van der Waals surface area contributed by atoms with E-state index in [9.17, 15) is 21.7 Å². The molecule has 0 heterocycles. The number of benzene rings is 1. The summed E-state index contributed by atoms with van der Waals surface area (Å²) in [5.41, 5.74) is 0.246. The van der Waals surface area contributed by atoms with Gasteiger partial charge in [-0.1, -0.05) is 0 Å². The first-order chi connectivity index (χ1) is 6.80. The van der Waals surface area contributed by atoms with Crippen molar-refractivity contribution in [1.29, 1.82) is 0 Å². The molecule has 0 aliphatic carbocycles. The van der Waals surface area contributed by atoms with Gasteiger partial charge in [0.15, 0.2) is 0 Å². The standard InChI is InChI=1S/C7H8O6S2.2Na/c1-5-4-6(15(10,11)12)2-3-7(5)13-14(8)9;;/h2-4H,1H3,(H,8,9)(H,10,11,12);;/q;2*+1/p-2. The average Bonchev–Trinajstić information content (AvgIpc) is 2.05. The van der Waals surface area contributed by atoms with Gasteiger partial charge in [0.05, 0.1) is 4.90 Å². The molecule has 0 radical (unpaired) electrons. The summed E-state index contributed by atoms with van der Waals surface area (Å²) in [7, 11) is -4.53. The summed E-state index contributed by atoms with van der Waals surface area (Å²) in [6, 6.07) is 3.14. The Hall–Kier alpha value is 1.04. The van der Waals surface area contributed by atoms with Crippen LogP contribution in [0.2, 0.25) is 0 Å². The zero-order valence-electron chi connectivity index (χ0n) is 9.50. The van der Waals surface area contributed by atoms with Gasteiger partial charge in [0.1, 0.15) is 27.2 Å². The van der Waals surface area contributed by atoms with Crippen molar-refractivity contribution < 1.29 is 85.0 Å². The zero-order valence-corrected chi connectivity index (χ0v) is 15.1. The quantitative estimate of drug-likeness (QED) is 0.312. The van der Waals surface area contributed by atoms with Gasteiger partial charge < -0.3 is 13.3 Å². The molecular formula is C7H6Na2O6S2. The Morgan fingerprint density at radius 3 is 2.18 bits per heavy atom. The molecule has 0 aromatic heterocycles. The topological polar surface area (TPSA) is 107 Å². The second-order valence-corrected chi connectivity index (χ2v) is 4.62. The third kappa shape index (κ3) is 6.67. The smallest absolute Gasteiger partial charge is 0.744 e. The Kier molecular flexibility index (Phi) is 9.89. The van der Waals surface area contributed by atoms with Crippen molar-refractivity contribution in [1.82, 2.24) is 0 Å². The monoisotopic (exact) mass is 296 g/mol. The molecular weight excluding hydrogens is 290 g/mol. The summed E-state index contributed by atoms with van der Waals surface area (Å²) in [5.74, 6) is -0.0178. The summed E-state index contributed by atoms with van der Waals surface area (Å²) in [6.07, 6.45) is 0. The van der Waals surface area contributed by atoms with Gasteiger partial charge in [-0.05, 0) is 30.7 Å². The molecule has 10 heteroatoms. The van der Waals surface area contributed by atoms with E-state index in [-0.39, 0.29) is 70.4 Å². The van der Waals surface area contributed by atoms with Crippen molar-refractivity contribution in [3.63, 3.8) is 0 Å². The van der Waals surface area contributed by atoms with Crippen LogP contribution >= 0.6 is 0 Å². The first-order valence-corrected chi connectivity index (χ1v) is 6.05. The fourth-order valence-corrected chi connectivity index (χ4v) is 1.83. The van der Waals surface area contributed by atoms with E-state index in [4.69, 9.17) is 0 Å². The van der Waals surface area contributed by atoms with Gasteiger partial charge in [0, 0.05) is 0 Å². The number of hydrogen-bond acceptors (Lipinski definition) is 6. The van der Waals surface area contributed by atoms with Crippen LogP contribution in [-0.4, -0.2) is 21.7 Å². The van der Waals surface area contributed by atoms with Gasteiger partial charge in [-0.25, -0.2) is 12.6 Å². The largest absolute Gasteiger partial charge is 1.00 e. The molecule has 0 amide bonds. The van der Waals surface area contributed by atoms with E-state index in [1.807, 2.05) is 0 Å². The molecule has 0 saturated heterocycles. The predicted octanol–water partition coefficient (Wildman–Crippen LogP) is -5.92. The third-order valence-corrected chi connectivity index (χ3v) is 2.74. The van der Waals surface area contributed by atoms with Crippen LogP contribution in [0, 0.1) is 6.92 Å². The molecule has 0 N–H and O–H groups in total. The fraction of sp³-hybridized carbons (Fsp3) is 0.143. The van der Waals surface area contributed by atoms with Crippen molar-refractivity contribution in [3.8, 4) is 5.75 Å². The van der Waals surface area contributed by atoms with E-state index in [0.29, 0.717) is 0 Å². The van der Waals surface area contributed by atoms with Crippen LogP contribution in [0.4, 0.5) is 0 Å². The van der Waals surface area contributed by atoms with Crippen LogP contribution in [0.25, 0.3) is 0 Å². The summed E-state index contributed by atoms with van der Waals surface area (Å²) < 4.78 is 56.5. The van der Waals surface area contributed by atoms with E-state index in [2.05, 4.69) is 4.18 Å². The minimum atomic E-state index is -4.53. The van der Waals surface area contributed by atoms with Crippen molar-refractivity contribution >= 4 is 21.5 Å². The summed E-state index contributed by atoms with van der Waals surface area (Å²) in [4.78, 5) is -0.427. The van der Waals surface area contributed by atoms with E-state index in [1.165, 1.54) is 6.92 Å². The summed E-state index contributed by atoms with van der Waals surface area (Å²) >= 11 is -2.73. The van der Waals surface area contributed by atoms with E-state index in [0.717, 1.165) is 18.2 Å². The molecule has 0 saturated carbocycles. The SMILES string of the molecule is Cc1cc(S(=O)(=O)[O-])ccc1OS(=O)[O-].[Na+].[Na+]. The minimum Gasteiger partial charge on any atom is -0.744 e. The van der Waals surface area contributed by atoms with Gasteiger partial charge >= 0.3 is 59.1 Å². The first-order valence-electron chi connectivity index (χ1n) is 3.65. The van der Waals surface area contributed by atoms with Gasteiger partial charge in [0.2, 0.25) is 0 Å². The molecule has 0 spiro atoms. The fourth-order valence-electron chi connectivity index (χ4n) is 0.944. The van der Waals surface area contributed by atoms with Crippen molar-refractivity contribution in [3.05, 3.63) is 23.8 Å². The molecule has 0 aliphatic heterocycles. The summed E-state index contributed by atoms with van der Waals surface area (Å²) in [5, 5.41) is 0. The van der Waals surface area contributed by atoms with Crippen LogP contribution in [0.3, 0.4) is 0 Å². The molecule has 1 unspecified atom stereocenters. The molecule has 6 nitrogen and oxygen atoms in total. The van der Waals surface area contributed by atoms with Crippen LogP contribution < -0.4 is 63.3 Å². The Bertz CT molecular complexity index is 501. The molecule has 0 bridgehead atoms. The van der Waals surface area contributed by atoms with Crippen molar-refractivity contribution in [2.24, 2.45) is 0 Å². The Morgan fingerprint density at radius 2 is 1.82 bits per heavy atom. The second-order valence-electron chi connectivity index (χ2n) is 2.67. The first kappa shape index (κ1) is 20.4. The predicted molar refractivity (Wildman–Crippen MR) is 48.7 cm³/mol. The molecule has 1 aromatic rings. The summed E-state index contributed by atoms with van der Waals surface area (Å²) in [6.45, 7) is 1.43. The maximum absolute atomic E-state index is 10.6. The van der Waals surface area contributed by atoms with Crippen LogP contribution in [0.15, 0.2) is 23.1 Å². The van der Waals surface area contributed by atoms with Gasteiger partial charge in [0.25, 0.3) is 0 Å². The molecule has 1 rings (SSSR count). The number of aryl methyl sites for hydroxylation is 1. The Morgan fingerprint density at radius 1 is 1.29 bits per heavy atom. The number of hydrogen-bond donors (Lipinski definition) is 0. The molecule has 84 valence electrons. The van der Waals surface area contributed by atoms with Gasteiger partial charge in [-0.3, -0.25) is 0 Å². The van der Waals surface area contributed by atoms with E-state index < -0.39 is 26.4 Å². The van der Waals surface area contributed by atoms with Crippen molar-refractivity contribution in [2.45, 2.75) is 11.8 Å². The maximum Gasteiger partial charge on any atom is 1.00 e. The molecule has 17 heavy (non-hydrogen) atoms. The third-order valence-electron chi connectivity index (χ3n) is 1.59. The van der Waals surface area contributed by atoms with E-state index in [1.54, 1.807) is 0 Å². The second kappa shape index (κ2) is 8.26. The zero-order chi connectivity index (χ0) is 11.6. The molecule has 1 atom stereocenters. The number of rotatable bonds is 3. The van der Waals surface area contributed by atoms with Gasteiger partial charge in [-0.2, -0.15) is 0 Å². The van der Waals surface area contributed by atoms with Crippen LogP contribution in [0.1, 0.15) is 5.56 Å². The normalized spacial score (nSPS) is 11.9. The van der Waals surface area contributed by atoms with Crippen LogP contribution in [-0.2, 0) is 21.5 Å². The molecule has 0 fully saturated rings. The average molecular weight is 296 g/mol. The molecule has 0 aliphatic rings. The van der Waals surface area contributed by atoms with Gasteiger partial charge in [-0.15, -0.1) is 0 Å².